The van der Waals surface area contributed by atoms with Crippen LogP contribution in [-0.4, -0.2) is 20.3 Å². The summed E-state index contributed by atoms with van der Waals surface area (Å²) in [6.45, 7) is 1.78. The van der Waals surface area contributed by atoms with Crippen molar-refractivity contribution in [1.82, 2.24) is 9.97 Å². The highest BCUT2D eigenvalue weighted by Crippen LogP contribution is 2.30. The average Bonchev–Trinajstić information content (AvgIpc) is 3.01. The molecule has 0 aliphatic carbocycles. The molecule has 120 valence electrons. The van der Waals surface area contributed by atoms with Gasteiger partial charge in [0.2, 0.25) is 0 Å². The summed E-state index contributed by atoms with van der Waals surface area (Å²) in [6.07, 6.45) is 0. The van der Waals surface area contributed by atoms with Crippen LogP contribution in [0.25, 0.3) is 16.6 Å². The van der Waals surface area contributed by atoms with Crippen molar-refractivity contribution in [2.24, 2.45) is 0 Å². The molecule has 0 spiro atoms. The summed E-state index contributed by atoms with van der Waals surface area (Å²) in [5, 5.41) is 19.5. The zero-order valence-electron chi connectivity index (χ0n) is 12.8. The highest BCUT2D eigenvalue weighted by Gasteiger charge is 2.19. The number of para-hydroxylation sites is 2. The number of aliphatic hydroxyl groups excluding tert-OH is 1. The smallest absolute Gasteiger partial charge is 0.152 e. The number of imidazole rings is 1. The summed E-state index contributed by atoms with van der Waals surface area (Å²) in [5.74, 6) is -0.0413. The first-order valence-electron chi connectivity index (χ1n) is 7.29. The van der Waals surface area contributed by atoms with Gasteiger partial charge in [-0.1, -0.05) is 12.1 Å². The van der Waals surface area contributed by atoms with Gasteiger partial charge >= 0.3 is 0 Å². The molecule has 1 heterocycles. The van der Waals surface area contributed by atoms with Crippen LogP contribution in [0.4, 0.5) is 4.39 Å². The number of nitrogens with one attached hydrogen (secondary N) is 1. The number of rotatable bonds is 4. The minimum absolute atomic E-state index is 0.0640. The fourth-order valence-electron chi connectivity index (χ4n) is 2.28. The average molecular weight is 339 g/mol. The molecule has 3 rings (SSSR count). The summed E-state index contributed by atoms with van der Waals surface area (Å²) >= 11 is 1.34. The molecule has 1 atom stereocenters. The Labute approximate surface area is 142 Å². The molecular formula is C18H14FN3OS. The van der Waals surface area contributed by atoms with Gasteiger partial charge in [-0.05, 0) is 43.3 Å². The number of fused-ring (bicyclic) bond motifs is 1. The second kappa shape index (κ2) is 6.77. The third kappa shape index (κ3) is 3.26. The first kappa shape index (κ1) is 16.1. The molecule has 1 aromatic heterocycles. The van der Waals surface area contributed by atoms with Crippen LogP contribution in [-0.2, 0) is 0 Å². The Morgan fingerprint density at radius 3 is 2.62 bits per heavy atom. The molecule has 2 aromatic carbocycles. The molecular weight excluding hydrogens is 325 g/mol. The van der Waals surface area contributed by atoms with E-state index in [1.54, 1.807) is 19.1 Å². The van der Waals surface area contributed by atoms with E-state index in [2.05, 4.69) is 9.97 Å². The third-order valence-corrected chi connectivity index (χ3v) is 4.63. The van der Waals surface area contributed by atoms with Crippen LogP contribution in [0.2, 0.25) is 0 Å². The van der Waals surface area contributed by atoms with Gasteiger partial charge in [-0.2, -0.15) is 5.26 Å². The number of halogens is 1. The molecule has 2 N–H and O–H groups in total. The first-order chi connectivity index (χ1) is 11.6. The maximum Gasteiger partial charge on any atom is 0.152 e. The minimum Gasteiger partial charge on any atom is -0.510 e. The normalized spacial score (nSPS) is 13.4. The van der Waals surface area contributed by atoms with Gasteiger partial charge < -0.3 is 10.1 Å². The summed E-state index contributed by atoms with van der Waals surface area (Å²) in [6, 6.07) is 15.4. The van der Waals surface area contributed by atoms with Gasteiger partial charge in [-0.25, -0.2) is 9.37 Å². The van der Waals surface area contributed by atoms with Crippen molar-refractivity contribution in [3.8, 4) is 6.07 Å². The van der Waals surface area contributed by atoms with Crippen molar-refractivity contribution in [3.05, 3.63) is 65.9 Å². The zero-order chi connectivity index (χ0) is 17.1. The van der Waals surface area contributed by atoms with Crippen LogP contribution >= 0.6 is 11.8 Å². The fraction of sp³-hybridized carbons (Fsp3) is 0.111. The number of aromatic amines is 1. The largest absolute Gasteiger partial charge is 0.510 e. The van der Waals surface area contributed by atoms with Crippen LogP contribution in [0.3, 0.4) is 0 Å². The van der Waals surface area contributed by atoms with E-state index in [0.29, 0.717) is 5.82 Å². The first-order valence-corrected chi connectivity index (χ1v) is 8.17. The number of aromatic nitrogens is 2. The third-order valence-electron chi connectivity index (χ3n) is 3.51. The Balaban J connectivity index is 1.91. The number of nitrogens with zero attached hydrogens (tertiary/aromatic N) is 2. The van der Waals surface area contributed by atoms with Crippen molar-refractivity contribution in [1.29, 1.82) is 5.26 Å². The number of aliphatic hydroxyl groups is 1. The van der Waals surface area contributed by atoms with Gasteiger partial charge in [0, 0.05) is 4.90 Å². The van der Waals surface area contributed by atoms with Crippen molar-refractivity contribution in [2.45, 2.75) is 17.1 Å². The van der Waals surface area contributed by atoms with Crippen molar-refractivity contribution < 1.29 is 9.50 Å². The predicted molar refractivity (Wildman–Crippen MR) is 93.0 cm³/mol. The molecule has 6 heteroatoms. The second-order valence-electron chi connectivity index (χ2n) is 5.19. The Bertz CT molecular complexity index is 908. The Kier molecular flexibility index (Phi) is 4.54. The monoisotopic (exact) mass is 339 g/mol. The van der Waals surface area contributed by atoms with E-state index >= 15 is 0 Å². The zero-order valence-corrected chi connectivity index (χ0v) is 13.6. The van der Waals surface area contributed by atoms with Gasteiger partial charge in [-0.15, -0.1) is 11.8 Å². The number of nitriles is 1. The Morgan fingerprint density at radius 1 is 1.25 bits per heavy atom. The predicted octanol–water partition coefficient (Wildman–Crippen LogP) is 4.68. The molecule has 24 heavy (non-hydrogen) atoms. The van der Waals surface area contributed by atoms with Crippen molar-refractivity contribution >= 4 is 28.4 Å². The van der Waals surface area contributed by atoms with Crippen molar-refractivity contribution in [2.75, 3.05) is 0 Å². The molecule has 0 fully saturated rings. The highest BCUT2D eigenvalue weighted by atomic mass is 32.2. The number of thioether (sulfide) groups is 1. The molecule has 0 saturated carbocycles. The van der Waals surface area contributed by atoms with E-state index in [0.717, 1.165) is 15.9 Å². The number of hydrogen-bond donors (Lipinski definition) is 2. The molecule has 0 aliphatic rings. The van der Waals surface area contributed by atoms with Crippen molar-refractivity contribution in [3.63, 3.8) is 0 Å². The van der Waals surface area contributed by atoms with Gasteiger partial charge in [0.15, 0.2) is 5.82 Å². The van der Waals surface area contributed by atoms with Gasteiger partial charge in [0.05, 0.1) is 16.3 Å². The molecule has 1 unspecified atom stereocenters. The lowest BCUT2D eigenvalue weighted by atomic mass is 10.2. The summed E-state index contributed by atoms with van der Waals surface area (Å²) in [4.78, 5) is 8.20. The Morgan fingerprint density at radius 2 is 1.96 bits per heavy atom. The molecule has 0 saturated heterocycles. The summed E-state index contributed by atoms with van der Waals surface area (Å²) in [7, 11) is 0. The van der Waals surface area contributed by atoms with Crippen LogP contribution in [0.5, 0.6) is 0 Å². The van der Waals surface area contributed by atoms with E-state index in [9.17, 15) is 14.8 Å². The van der Waals surface area contributed by atoms with Gasteiger partial charge in [-0.3, -0.25) is 0 Å². The topological polar surface area (TPSA) is 72.7 Å². The second-order valence-corrected chi connectivity index (χ2v) is 6.60. The lowest BCUT2D eigenvalue weighted by molar-refractivity contribution is 0.402. The van der Waals surface area contributed by atoms with E-state index in [-0.39, 0.29) is 22.4 Å². The van der Waals surface area contributed by atoms with Gasteiger partial charge in [0.25, 0.3) is 0 Å². The molecule has 3 aromatic rings. The standard InChI is InChI=1S/C18H14FN3OS/c1-11(24-13-8-6-12(19)7-9-13)17(23)14(10-20)18-21-15-4-2-3-5-16(15)22-18/h2-9,11,23H,1H3,(H,21,22)/b17-14+. The van der Waals surface area contributed by atoms with E-state index < -0.39 is 0 Å². The van der Waals surface area contributed by atoms with Crippen LogP contribution < -0.4 is 0 Å². The number of benzene rings is 2. The van der Waals surface area contributed by atoms with Crippen LogP contribution in [0.15, 0.2) is 59.2 Å². The van der Waals surface area contributed by atoms with E-state index in [4.69, 9.17) is 0 Å². The number of allylic oxidation sites excluding steroid dienone is 1. The van der Waals surface area contributed by atoms with Crippen LogP contribution in [0, 0.1) is 17.1 Å². The summed E-state index contributed by atoms with van der Waals surface area (Å²) < 4.78 is 13.0. The fourth-order valence-corrected chi connectivity index (χ4v) is 3.21. The van der Waals surface area contributed by atoms with E-state index in [1.165, 1.54) is 23.9 Å². The molecule has 4 nitrogen and oxygen atoms in total. The summed E-state index contributed by atoms with van der Waals surface area (Å²) in [5.41, 5.74) is 1.63. The quantitative estimate of drug-likeness (QED) is 0.411. The maximum absolute atomic E-state index is 13.0. The molecule has 0 radical (unpaired) electrons. The molecule has 0 amide bonds. The maximum atomic E-state index is 13.0. The molecule has 0 aliphatic heterocycles. The molecule has 0 bridgehead atoms. The van der Waals surface area contributed by atoms with Crippen LogP contribution in [0.1, 0.15) is 12.7 Å². The minimum atomic E-state index is -0.377. The SMILES string of the molecule is CC(Sc1ccc(F)cc1)/C(O)=C(/C#N)c1nc2ccccc2[nH]1. The van der Waals surface area contributed by atoms with E-state index in [1.807, 2.05) is 30.3 Å². The Hall–Kier alpha value is -2.78. The van der Waals surface area contributed by atoms with Gasteiger partial charge in [0.1, 0.15) is 23.2 Å². The number of H-pyrrole nitrogens is 1. The number of hydrogen-bond acceptors (Lipinski definition) is 4. The highest BCUT2D eigenvalue weighted by molar-refractivity contribution is 8.00. The lowest BCUT2D eigenvalue weighted by Gasteiger charge is -2.11. The lowest BCUT2D eigenvalue weighted by Crippen LogP contribution is -2.04.